The van der Waals surface area contributed by atoms with Crippen molar-refractivity contribution in [1.29, 1.82) is 0 Å². The second-order valence-corrected chi connectivity index (χ2v) is 9.57. The summed E-state index contributed by atoms with van der Waals surface area (Å²) in [4.78, 5) is 36.5. The number of nitrogens with zero attached hydrogens (tertiary/aromatic N) is 2. The normalized spacial score (nSPS) is 17.5. The Hall–Kier alpha value is -4.66. The van der Waals surface area contributed by atoms with Crippen LogP contribution in [0.1, 0.15) is 10.4 Å². The van der Waals surface area contributed by atoms with Gasteiger partial charge in [0.25, 0.3) is 0 Å². The zero-order valence-corrected chi connectivity index (χ0v) is 19.6. The van der Waals surface area contributed by atoms with E-state index in [-0.39, 0.29) is 5.56 Å². The average molecular weight is 499 g/mol. The van der Waals surface area contributed by atoms with Crippen molar-refractivity contribution in [2.45, 2.75) is 0 Å². The van der Waals surface area contributed by atoms with Gasteiger partial charge in [-0.2, -0.15) is 0 Å². The van der Waals surface area contributed by atoms with E-state index in [1.54, 1.807) is 24.3 Å². The monoisotopic (exact) mass is 499 g/mol. The number of hydrogen-bond acceptors (Lipinski definition) is 5. The number of carboxylic acids is 3. The standard InChI is InChI=1S/C28H22N2O7/c31-26(32)15-11-29(12-15)17-5-7-21-23(9-17)37-24-10-18(30-13-16(14-30)27(33)34)6-8-22(24)25(21)19-3-1-2-4-20(19)28(35)36/h1-10,15-16H,11-14H2,(H2-,31,32,33,34,35,36)/p+1. The number of fused-ring (bicyclic) bond motifs is 2. The van der Waals surface area contributed by atoms with Gasteiger partial charge < -0.3 is 24.6 Å². The Labute approximate surface area is 210 Å². The zero-order valence-electron chi connectivity index (χ0n) is 19.6. The van der Waals surface area contributed by atoms with Crippen molar-refractivity contribution in [3.8, 4) is 22.5 Å². The topological polar surface area (TPSA) is 131 Å². The highest BCUT2D eigenvalue weighted by Crippen LogP contribution is 2.42. The number of carboxylic acid groups (broad SMARTS) is 3. The van der Waals surface area contributed by atoms with E-state index in [1.807, 2.05) is 45.9 Å². The molecule has 1 aliphatic carbocycles. The summed E-state index contributed by atoms with van der Waals surface area (Å²) in [6.45, 7) is 1.64. The molecule has 0 bridgehead atoms. The van der Waals surface area contributed by atoms with Crippen molar-refractivity contribution in [1.82, 2.24) is 4.58 Å². The molecule has 2 saturated heterocycles. The first kappa shape index (κ1) is 22.8. The van der Waals surface area contributed by atoms with E-state index in [2.05, 4.69) is 0 Å². The third kappa shape index (κ3) is 3.79. The molecule has 9 heteroatoms. The van der Waals surface area contributed by atoms with Crippen LogP contribution < -0.4 is 14.8 Å². The van der Waals surface area contributed by atoms with Crippen LogP contribution in [0.15, 0.2) is 65.1 Å². The lowest BCUT2D eigenvalue weighted by atomic mass is 9.90. The predicted molar refractivity (Wildman–Crippen MR) is 135 cm³/mol. The van der Waals surface area contributed by atoms with Crippen molar-refractivity contribution >= 4 is 34.6 Å². The molecule has 0 amide bonds. The molecule has 0 aromatic heterocycles. The average Bonchev–Trinajstić information content (AvgIpc) is 2.80. The quantitative estimate of drug-likeness (QED) is 0.282. The second kappa shape index (κ2) is 8.48. The number of anilines is 1. The highest BCUT2D eigenvalue weighted by molar-refractivity contribution is 6.07. The van der Waals surface area contributed by atoms with Crippen LogP contribution >= 0.6 is 0 Å². The molecule has 0 saturated carbocycles. The molecule has 4 aliphatic rings. The van der Waals surface area contributed by atoms with Crippen LogP contribution in [0.2, 0.25) is 0 Å². The first-order valence-corrected chi connectivity index (χ1v) is 11.9. The molecule has 2 aromatic rings. The summed E-state index contributed by atoms with van der Waals surface area (Å²) < 4.78 is 8.31. The minimum Gasteiger partial charge on any atom is -0.481 e. The fraction of sp³-hybridized carbons (Fsp3) is 0.214. The number of benzene rings is 3. The van der Waals surface area contributed by atoms with Gasteiger partial charge in [0.1, 0.15) is 11.3 Å². The van der Waals surface area contributed by atoms with Gasteiger partial charge in [0, 0.05) is 47.4 Å². The fourth-order valence-corrected chi connectivity index (χ4v) is 5.13. The van der Waals surface area contributed by atoms with Crippen LogP contribution in [0.4, 0.5) is 5.69 Å². The number of carbonyl (C=O) groups is 3. The molecule has 3 N–H and O–H groups in total. The second-order valence-electron chi connectivity index (χ2n) is 9.57. The van der Waals surface area contributed by atoms with Crippen LogP contribution in [0.25, 0.3) is 33.4 Å². The minimum atomic E-state index is -1.04. The van der Waals surface area contributed by atoms with Crippen LogP contribution in [0, 0.1) is 11.8 Å². The molecule has 0 unspecified atom stereocenters. The lowest BCUT2D eigenvalue weighted by Gasteiger charge is -2.38. The van der Waals surface area contributed by atoms with Gasteiger partial charge in [0.05, 0.1) is 17.5 Å². The van der Waals surface area contributed by atoms with Crippen molar-refractivity contribution < 1.29 is 34.1 Å². The van der Waals surface area contributed by atoms with Gasteiger partial charge in [-0.15, -0.1) is 0 Å². The number of rotatable bonds is 5. The van der Waals surface area contributed by atoms with Crippen molar-refractivity contribution in [2.75, 3.05) is 31.1 Å². The molecule has 6 rings (SSSR count). The molecule has 2 fully saturated rings. The Morgan fingerprint density at radius 2 is 1.57 bits per heavy atom. The Morgan fingerprint density at radius 3 is 2.27 bits per heavy atom. The van der Waals surface area contributed by atoms with Gasteiger partial charge in [-0.25, -0.2) is 9.37 Å². The van der Waals surface area contributed by atoms with Gasteiger partial charge in [0.15, 0.2) is 19.0 Å². The van der Waals surface area contributed by atoms with Crippen molar-refractivity contribution in [2.24, 2.45) is 11.8 Å². The number of hydrogen-bond donors (Lipinski definition) is 3. The summed E-state index contributed by atoms with van der Waals surface area (Å²) in [5, 5.41) is 29.9. The number of aliphatic carboxylic acids is 2. The van der Waals surface area contributed by atoms with Gasteiger partial charge in [-0.1, -0.05) is 18.2 Å². The summed E-state index contributed by atoms with van der Waals surface area (Å²) in [7, 11) is 0. The summed E-state index contributed by atoms with van der Waals surface area (Å²) in [6.07, 6.45) is 0. The zero-order chi connectivity index (χ0) is 25.8. The van der Waals surface area contributed by atoms with Crippen molar-refractivity contribution in [3.05, 3.63) is 71.6 Å². The van der Waals surface area contributed by atoms with Gasteiger partial charge in [-0.05, 0) is 29.8 Å². The molecule has 2 aromatic carbocycles. The third-order valence-electron chi connectivity index (χ3n) is 7.31. The summed E-state index contributed by atoms with van der Waals surface area (Å²) >= 11 is 0. The summed E-state index contributed by atoms with van der Waals surface area (Å²) in [5.41, 5.74) is 3.57. The van der Waals surface area contributed by atoms with Gasteiger partial charge in [0.2, 0.25) is 5.36 Å². The highest BCUT2D eigenvalue weighted by Gasteiger charge is 2.38. The van der Waals surface area contributed by atoms with E-state index < -0.39 is 29.7 Å². The molecular formula is C28H23N2O7+. The highest BCUT2D eigenvalue weighted by atomic mass is 16.4. The number of aromatic carboxylic acids is 1. The third-order valence-corrected chi connectivity index (χ3v) is 7.31. The van der Waals surface area contributed by atoms with E-state index >= 15 is 0 Å². The summed E-state index contributed by atoms with van der Waals surface area (Å²) in [6, 6.07) is 18.1. The molecule has 3 aliphatic heterocycles. The Bertz CT molecular complexity index is 1640. The van der Waals surface area contributed by atoms with Gasteiger partial charge >= 0.3 is 17.9 Å². The molecule has 186 valence electrons. The van der Waals surface area contributed by atoms with Crippen LogP contribution in [-0.2, 0) is 9.59 Å². The van der Waals surface area contributed by atoms with E-state index in [0.29, 0.717) is 43.1 Å². The van der Waals surface area contributed by atoms with Crippen LogP contribution in [0.3, 0.4) is 0 Å². The fourth-order valence-electron chi connectivity index (χ4n) is 5.13. The van der Waals surface area contributed by atoms with E-state index in [9.17, 15) is 29.7 Å². The predicted octanol–water partition coefficient (Wildman–Crippen LogP) is 2.91. The molecular weight excluding hydrogens is 476 g/mol. The molecule has 0 spiro atoms. The first-order valence-electron chi connectivity index (χ1n) is 11.9. The molecule has 3 heterocycles. The maximum Gasteiger partial charge on any atom is 0.336 e. The summed E-state index contributed by atoms with van der Waals surface area (Å²) in [5.74, 6) is -2.94. The molecule has 0 atom stereocenters. The smallest absolute Gasteiger partial charge is 0.336 e. The van der Waals surface area contributed by atoms with E-state index in [0.717, 1.165) is 27.6 Å². The minimum absolute atomic E-state index is 0.170. The van der Waals surface area contributed by atoms with Crippen LogP contribution in [-0.4, -0.2) is 59.4 Å². The lowest BCUT2D eigenvalue weighted by Crippen LogP contribution is -2.52. The van der Waals surface area contributed by atoms with Crippen molar-refractivity contribution in [3.63, 3.8) is 0 Å². The SMILES string of the molecule is O=C(O)c1ccccc1-c1c2ccc(=[N+]3CC(C(=O)O)C3)cc-2oc2cc(N3CC(C(=O)O)C3)ccc12. The molecule has 0 radical (unpaired) electrons. The maximum absolute atomic E-state index is 12.1. The maximum atomic E-state index is 12.1. The van der Waals surface area contributed by atoms with Crippen LogP contribution in [0.5, 0.6) is 0 Å². The first-order chi connectivity index (χ1) is 17.8. The largest absolute Gasteiger partial charge is 0.481 e. The Morgan fingerprint density at radius 1 is 0.838 bits per heavy atom. The molecule has 9 nitrogen and oxygen atoms in total. The van der Waals surface area contributed by atoms with E-state index in [4.69, 9.17) is 4.42 Å². The Kier molecular flexibility index (Phi) is 5.22. The van der Waals surface area contributed by atoms with Gasteiger partial charge in [-0.3, -0.25) is 9.59 Å². The Balaban J connectivity index is 1.55. The van der Waals surface area contributed by atoms with E-state index in [1.165, 1.54) is 0 Å². The molecule has 37 heavy (non-hydrogen) atoms. The lowest BCUT2D eigenvalue weighted by molar-refractivity contribution is -0.144.